The predicted molar refractivity (Wildman–Crippen MR) is 197 cm³/mol. The molecule has 222 valence electrons. The minimum Gasteiger partial charge on any atom is -0.456 e. The van der Waals surface area contributed by atoms with E-state index in [0.717, 1.165) is 44.9 Å². The fourth-order valence-corrected chi connectivity index (χ4v) is 7.87. The van der Waals surface area contributed by atoms with Crippen LogP contribution in [0.5, 0.6) is 11.5 Å². The Kier molecular flexibility index (Phi) is 5.08. The van der Waals surface area contributed by atoms with Crippen LogP contribution in [-0.4, -0.2) is 14.5 Å². The van der Waals surface area contributed by atoms with Crippen molar-refractivity contribution in [3.8, 4) is 39.8 Å². The van der Waals surface area contributed by atoms with Crippen molar-refractivity contribution in [2.75, 3.05) is 0 Å². The van der Waals surface area contributed by atoms with Gasteiger partial charge in [-0.1, -0.05) is 103 Å². The van der Waals surface area contributed by atoms with Gasteiger partial charge in [-0.15, -0.1) is 0 Å². The quantitative estimate of drug-likeness (QED) is 0.183. The molecule has 0 spiro atoms. The molecule has 1 aliphatic rings. The first-order valence-electron chi connectivity index (χ1n) is 16.3. The number of aromatic nitrogens is 3. The maximum absolute atomic E-state index is 6.24. The first-order chi connectivity index (χ1) is 23.8. The number of fused-ring (bicyclic) bond motifs is 11. The lowest BCUT2D eigenvalue weighted by atomic mass is 9.94. The molecular formula is C44H25N3O. The second kappa shape index (κ2) is 9.50. The fraction of sp³-hybridized carbons (Fsp3) is 0. The highest BCUT2D eigenvalue weighted by Gasteiger charge is 2.23. The number of para-hydroxylation sites is 2. The molecule has 48 heavy (non-hydrogen) atoms. The van der Waals surface area contributed by atoms with E-state index in [4.69, 9.17) is 14.7 Å². The van der Waals surface area contributed by atoms with E-state index >= 15 is 0 Å². The van der Waals surface area contributed by atoms with Crippen LogP contribution in [-0.2, 0) is 0 Å². The molecule has 2 aromatic heterocycles. The average molecular weight is 612 g/mol. The summed E-state index contributed by atoms with van der Waals surface area (Å²) in [4.78, 5) is 10.2. The van der Waals surface area contributed by atoms with Gasteiger partial charge in [0.2, 0.25) is 0 Å². The zero-order valence-electron chi connectivity index (χ0n) is 25.7. The van der Waals surface area contributed by atoms with E-state index in [1.54, 1.807) is 0 Å². The maximum atomic E-state index is 6.24. The number of ether oxygens (including phenoxy) is 1. The van der Waals surface area contributed by atoms with Crippen LogP contribution in [0.3, 0.4) is 0 Å². The van der Waals surface area contributed by atoms with Crippen LogP contribution in [0, 0.1) is 0 Å². The molecule has 4 heteroatoms. The molecule has 0 atom stereocenters. The highest BCUT2D eigenvalue weighted by molar-refractivity contribution is 6.29. The van der Waals surface area contributed by atoms with Gasteiger partial charge < -0.3 is 9.30 Å². The summed E-state index contributed by atoms with van der Waals surface area (Å²) in [6.07, 6.45) is 0. The largest absolute Gasteiger partial charge is 0.456 e. The van der Waals surface area contributed by atoms with Gasteiger partial charge in [-0.3, -0.25) is 0 Å². The third-order valence-corrected chi connectivity index (χ3v) is 9.95. The Morgan fingerprint density at radius 1 is 0.458 bits per heavy atom. The minimum absolute atomic E-state index is 0.692. The van der Waals surface area contributed by atoms with Crippen molar-refractivity contribution in [3.05, 3.63) is 152 Å². The molecule has 3 heterocycles. The zero-order valence-corrected chi connectivity index (χ0v) is 25.7. The van der Waals surface area contributed by atoms with E-state index in [9.17, 15) is 0 Å². The summed E-state index contributed by atoms with van der Waals surface area (Å²) in [5, 5.41) is 11.1. The lowest BCUT2D eigenvalue weighted by Gasteiger charge is -2.20. The molecular weight excluding hydrogens is 587 g/mol. The summed E-state index contributed by atoms with van der Waals surface area (Å²) in [5.74, 6) is 2.30. The molecule has 10 aromatic rings. The maximum Gasteiger partial charge on any atom is 0.160 e. The van der Waals surface area contributed by atoms with Crippen LogP contribution in [0.4, 0.5) is 0 Å². The van der Waals surface area contributed by atoms with E-state index in [-0.39, 0.29) is 0 Å². The van der Waals surface area contributed by atoms with Crippen molar-refractivity contribution in [2.45, 2.75) is 0 Å². The minimum atomic E-state index is 0.692. The normalized spacial score (nSPS) is 12.3. The van der Waals surface area contributed by atoms with Crippen molar-refractivity contribution in [2.24, 2.45) is 0 Å². The third kappa shape index (κ3) is 3.49. The molecule has 0 saturated carbocycles. The third-order valence-electron chi connectivity index (χ3n) is 9.95. The molecule has 0 radical (unpaired) electrons. The fourth-order valence-electron chi connectivity index (χ4n) is 7.87. The SMILES string of the molecule is c1cc(-c2nc3c4c(cccc4n2)Oc2ccccc2-3)cc(-n2c3ccccc3c3c4ccc5ccc6ccccc6c5c4ccc32)c1. The Labute approximate surface area is 275 Å². The van der Waals surface area contributed by atoms with Gasteiger partial charge in [-0.25, -0.2) is 9.97 Å². The summed E-state index contributed by atoms with van der Waals surface area (Å²) < 4.78 is 8.62. The lowest BCUT2D eigenvalue weighted by molar-refractivity contribution is 0.486. The molecule has 4 nitrogen and oxygen atoms in total. The van der Waals surface area contributed by atoms with E-state index in [0.29, 0.717) is 5.82 Å². The van der Waals surface area contributed by atoms with E-state index in [2.05, 4.69) is 120 Å². The van der Waals surface area contributed by atoms with Crippen LogP contribution in [0.2, 0.25) is 0 Å². The Balaban J connectivity index is 1.16. The summed E-state index contributed by atoms with van der Waals surface area (Å²) in [7, 11) is 0. The van der Waals surface area contributed by atoms with Gasteiger partial charge in [0.1, 0.15) is 11.5 Å². The van der Waals surface area contributed by atoms with Crippen LogP contribution >= 0.6 is 0 Å². The Morgan fingerprint density at radius 3 is 2.19 bits per heavy atom. The zero-order chi connectivity index (χ0) is 31.3. The van der Waals surface area contributed by atoms with Gasteiger partial charge >= 0.3 is 0 Å². The molecule has 8 aromatic carbocycles. The number of hydrogen-bond donors (Lipinski definition) is 0. The highest BCUT2D eigenvalue weighted by Crippen LogP contribution is 2.46. The van der Waals surface area contributed by atoms with Crippen molar-refractivity contribution in [1.82, 2.24) is 14.5 Å². The topological polar surface area (TPSA) is 39.9 Å². The molecule has 0 fully saturated rings. The van der Waals surface area contributed by atoms with Gasteiger partial charge in [-0.2, -0.15) is 0 Å². The van der Waals surface area contributed by atoms with Crippen LogP contribution in [0.15, 0.2) is 152 Å². The second-order valence-corrected chi connectivity index (χ2v) is 12.6. The van der Waals surface area contributed by atoms with E-state index < -0.39 is 0 Å². The monoisotopic (exact) mass is 611 g/mol. The molecule has 11 rings (SSSR count). The number of benzene rings is 8. The van der Waals surface area contributed by atoms with E-state index in [1.165, 1.54) is 54.1 Å². The lowest BCUT2D eigenvalue weighted by Crippen LogP contribution is -2.02. The first kappa shape index (κ1) is 25.6. The first-order valence-corrected chi connectivity index (χ1v) is 16.3. The number of rotatable bonds is 2. The van der Waals surface area contributed by atoms with Crippen LogP contribution < -0.4 is 4.74 Å². The van der Waals surface area contributed by atoms with Crippen molar-refractivity contribution >= 4 is 65.0 Å². The molecule has 0 amide bonds. The van der Waals surface area contributed by atoms with Crippen LogP contribution in [0.25, 0.3) is 93.4 Å². The summed E-state index contributed by atoms with van der Waals surface area (Å²) in [5.41, 5.74) is 7.13. The summed E-state index contributed by atoms with van der Waals surface area (Å²) in [6, 6.07) is 53.8. The second-order valence-electron chi connectivity index (χ2n) is 12.6. The number of hydrogen-bond acceptors (Lipinski definition) is 3. The van der Waals surface area contributed by atoms with Gasteiger partial charge in [0.15, 0.2) is 5.82 Å². The summed E-state index contributed by atoms with van der Waals surface area (Å²) in [6.45, 7) is 0. The van der Waals surface area contributed by atoms with Gasteiger partial charge in [-0.05, 0) is 80.8 Å². The van der Waals surface area contributed by atoms with Crippen molar-refractivity contribution in [3.63, 3.8) is 0 Å². The van der Waals surface area contributed by atoms with Gasteiger partial charge in [0, 0.05) is 27.6 Å². The number of nitrogens with zero attached hydrogens (tertiary/aromatic N) is 3. The molecule has 0 saturated heterocycles. The van der Waals surface area contributed by atoms with Crippen molar-refractivity contribution < 1.29 is 4.74 Å². The Bertz CT molecular complexity index is 2990. The smallest absolute Gasteiger partial charge is 0.160 e. The van der Waals surface area contributed by atoms with Crippen molar-refractivity contribution in [1.29, 1.82) is 0 Å². The predicted octanol–water partition coefficient (Wildman–Crippen LogP) is 11.6. The molecule has 1 aliphatic heterocycles. The molecule has 0 aliphatic carbocycles. The van der Waals surface area contributed by atoms with E-state index in [1.807, 2.05) is 36.4 Å². The van der Waals surface area contributed by atoms with Crippen LogP contribution in [0.1, 0.15) is 0 Å². The highest BCUT2D eigenvalue weighted by atomic mass is 16.5. The standard InChI is InChI=1S/C44H25N3O/c1-2-12-30-26(9-1)19-20-27-21-22-32-31(40(27)30)23-24-37-41(32)33-13-3-5-16-36(33)47(37)29-11-7-10-28(25-29)44-45-35-15-8-18-39-42(35)43(46-44)34-14-4-6-17-38(34)48-39/h1-25H. The Hall–Kier alpha value is -6.52. The Morgan fingerprint density at radius 2 is 1.21 bits per heavy atom. The molecule has 0 N–H and O–H groups in total. The van der Waals surface area contributed by atoms with Gasteiger partial charge in [0.05, 0.1) is 27.6 Å². The average Bonchev–Trinajstić information content (AvgIpc) is 3.49. The molecule has 0 unspecified atom stereocenters. The molecule has 0 bridgehead atoms. The van der Waals surface area contributed by atoms with Gasteiger partial charge in [0.25, 0.3) is 0 Å². The summed E-state index contributed by atoms with van der Waals surface area (Å²) >= 11 is 0.